The van der Waals surface area contributed by atoms with Gasteiger partial charge in [-0.25, -0.2) is 13.4 Å². The third kappa shape index (κ3) is 6.42. The second kappa shape index (κ2) is 9.98. The fraction of sp³-hybridized carbons (Fsp3) is 0.526. The highest BCUT2D eigenvalue weighted by molar-refractivity contribution is 7.90. The minimum Gasteiger partial charge on any atom is -0.383 e. The predicted octanol–water partition coefficient (Wildman–Crippen LogP) is 1.46. The van der Waals surface area contributed by atoms with Crippen molar-refractivity contribution in [1.29, 1.82) is 0 Å². The smallest absolute Gasteiger partial charge is 0.228 e. The monoisotopic (exact) mass is 394 g/mol. The van der Waals surface area contributed by atoms with Gasteiger partial charge in [-0.15, -0.1) is 0 Å². The molecule has 0 atom stereocenters. The fourth-order valence-corrected chi connectivity index (χ4v) is 4.21. The number of nitrogens with zero attached hydrogens (tertiary/aromatic N) is 3. The van der Waals surface area contributed by atoms with Gasteiger partial charge in [-0.3, -0.25) is 0 Å². The summed E-state index contributed by atoms with van der Waals surface area (Å²) in [5, 5.41) is 3.43. The summed E-state index contributed by atoms with van der Waals surface area (Å²) in [5.74, 6) is -0.0647. The molecule has 2 rings (SSSR count). The third-order valence-electron chi connectivity index (χ3n) is 4.22. The van der Waals surface area contributed by atoms with E-state index in [0.717, 1.165) is 29.9 Å². The van der Waals surface area contributed by atoms with Crippen molar-refractivity contribution in [1.82, 2.24) is 19.8 Å². The van der Waals surface area contributed by atoms with Crippen LogP contribution in [0.1, 0.15) is 16.8 Å². The summed E-state index contributed by atoms with van der Waals surface area (Å²) in [6.45, 7) is 5.13. The maximum atomic E-state index is 13.0. The summed E-state index contributed by atoms with van der Waals surface area (Å²) in [5.41, 5.74) is 2.70. The van der Waals surface area contributed by atoms with Gasteiger partial charge in [0, 0.05) is 33.3 Å². The molecule has 0 aliphatic rings. The number of rotatable bonds is 11. The molecule has 8 heteroatoms. The van der Waals surface area contributed by atoms with E-state index < -0.39 is 9.84 Å². The first-order valence-electron chi connectivity index (χ1n) is 9.00. The van der Waals surface area contributed by atoms with E-state index >= 15 is 0 Å². The third-order valence-corrected chi connectivity index (χ3v) is 5.81. The Balaban J connectivity index is 2.19. The number of benzene rings is 1. The van der Waals surface area contributed by atoms with Crippen molar-refractivity contribution >= 4 is 9.84 Å². The van der Waals surface area contributed by atoms with Crippen LogP contribution in [0, 0.1) is 6.92 Å². The Labute approximate surface area is 162 Å². The summed E-state index contributed by atoms with van der Waals surface area (Å²) < 4.78 is 32.8. The molecule has 0 bridgehead atoms. The first kappa shape index (κ1) is 21.6. The number of sulfone groups is 1. The molecule has 1 N–H and O–H groups in total. The molecule has 0 saturated heterocycles. The Morgan fingerprint density at radius 3 is 2.56 bits per heavy atom. The molecule has 0 aliphatic heterocycles. The normalized spacial score (nSPS) is 12.0. The Morgan fingerprint density at radius 2 is 1.93 bits per heavy atom. The van der Waals surface area contributed by atoms with E-state index in [1.54, 1.807) is 17.9 Å². The highest BCUT2D eigenvalue weighted by atomic mass is 32.2. The number of hydrogen-bond donors (Lipinski definition) is 1. The molecule has 7 nitrogen and oxygen atoms in total. The zero-order valence-electron chi connectivity index (χ0n) is 16.6. The highest BCUT2D eigenvalue weighted by Gasteiger charge is 2.23. The van der Waals surface area contributed by atoms with Crippen LogP contribution >= 0.6 is 0 Å². The zero-order valence-corrected chi connectivity index (χ0v) is 17.4. The van der Waals surface area contributed by atoms with Crippen LogP contribution in [0.3, 0.4) is 0 Å². The molecule has 0 unspecified atom stereocenters. The first-order valence-corrected chi connectivity index (χ1v) is 10.7. The average molecular weight is 395 g/mol. The van der Waals surface area contributed by atoms with E-state index in [1.807, 2.05) is 45.3 Å². The van der Waals surface area contributed by atoms with Gasteiger partial charge in [-0.05, 0) is 26.6 Å². The predicted molar refractivity (Wildman–Crippen MR) is 106 cm³/mol. The van der Waals surface area contributed by atoms with Crippen LogP contribution < -0.4 is 5.32 Å². The lowest BCUT2D eigenvalue weighted by molar-refractivity contribution is 0.183. The molecule has 0 fully saturated rings. The summed E-state index contributed by atoms with van der Waals surface area (Å²) in [4.78, 5) is 6.33. The standard InChI is InChI=1S/C19H30N4O3S/c1-16-5-7-17(8-6-16)15-27(24,25)19-21-14-18(23(19)11-12-26-4)13-20-9-10-22(2)3/h5-8,14,20H,9-13,15H2,1-4H3. The molecule has 0 radical (unpaired) electrons. The molecule has 150 valence electrons. The molecular formula is C19H30N4O3S. The van der Waals surface area contributed by atoms with Gasteiger partial charge < -0.3 is 19.5 Å². The van der Waals surface area contributed by atoms with Crippen molar-refractivity contribution in [2.75, 3.05) is 40.9 Å². The van der Waals surface area contributed by atoms with Gasteiger partial charge in [-0.2, -0.15) is 0 Å². The molecule has 2 aromatic rings. The van der Waals surface area contributed by atoms with Gasteiger partial charge >= 0.3 is 0 Å². The van der Waals surface area contributed by atoms with Gasteiger partial charge in [0.25, 0.3) is 0 Å². The van der Waals surface area contributed by atoms with Crippen molar-refractivity contribution in [3.05, 3.63) is 47.3 Å². The minimum absolute atomic E-state index is 0.0647. The quantitative estimate of drug-likeness (QED) is 0.582. The SMILES string of the molecule is COCCn1c(CNCCN(C)C)cnc1S(=O)(=O)Cc1ccc(C)cc1. The largest absolute Gasteiger partial charge is 0.383 e. The Morgan fingerprint density at radius 1 is 1.22 bits per heavy atom. The molecule has 1 aromatic carbocycles. The zero-order chi connectivity index (χ0) is 19.9. The number of methoxy groups -OCH3 is 1. The molecule has 0 spiro atoms. The number of hydrogen-bond acceptors (Lipinski definition) is 6. The van der Waals surface area contributed by atoms with Crippen molar-refractivity contribution in [2.45, 2.75) is 30.9 Å². The first-order chi connectivity index (χ1) is 12.8. The van der Waals surface area contributed by atoms with Crippen LogP contribution in [0.2, 0.25) is 0 Å². The van der Waals surface area contributed by atoms with Crippen molar-refractivity contribution in [2.24, 2.45) is 0 Å². The fourth-order valence-electron chi connectivity index (χ4n) is 2.69. The Bertz CT molecular complexity index is 814. The number of aryl methyl sites for hydroxylation is 1. The number of ether oxygens (including phenoxy) is 1. The molecule has 0 saturated carbocycles. The van der Waals surface area contributed by atoms with Crippen LogP contribution in [0.4, 0.5) is 0 Å². The average Bonchev–Trinajstić information content (AvgIpc) is 3.02. The van der Waals surface area contributed by atoms with Gasteiger partial charge in [0.15, 0.2) is 0 Å². The van der Waals surface area contributed by atoms with Gasteiger partial charge in [-0.1, -0.05) is 29.8 Å². The van der Waals surface area contributed by atoms with Crippen LogP contribution in [-0.2, 0) is 33.4 Å². The van der Waals surface area contributed by atoms with Crippen LogP contribution in [0.25, 0.3) is 0 Å². The summed E-state index contributed by atoms with van der Waals surface area (Å²) in [6.07, 6.45) is 1.64. The minimum atomic E-state index is -3.55. The maximum absolute atomic E-state index is 13.0. The molecule has 1 aromatic heterocycles. The molecule has 0 aliphatic carbocycles. The summed E-state index contributed by atoms with van der Waals surface area (Å²) in [7, 11) is 2.08. The van der Waals surface area contributed by atoms with Gasteiger partial charge in [0.05, 0.1) is 24.3 Å². The molecular weight excluding hydrogens is 364 g/mol. The second-order valence-electron chi connectivity index (χ2n) is 6.90. The second-order valence-corrected chi connectivity index (χ2v) is 8.78. The van der Waals surface area contributed by atoms with Crippen molar-refractivity contribution in [3.63, 3.8) is 0 Å². The number of likely N-dealkylation sites (N-methyl/N-ethyl adjacent to an activating group) is 1. The lowest BCUT2D eigenvalue weighted by Gasteiger charge is -2.14. The highest BCUT2D eigenvalue weighted by Crippen LogP contribution is 2.18. The summed E-state index contributed by atoms with van der Waals surface area (Å²) >= 11 is 0. The van der Waals surface area contributed by atoms with E-state index in [9.17, 15) is 8.42 Å². The van der Waals surface area contributed by atoms with E-state index in [0.29, 0.717) is 19.7 Å². The van der Waals surface area contributed by atoms with Gasteiger partial charge in [0.1, 0.15) is 0 Å². The lowest BCUT2D eigenvalue weighted by Crippen LogP contribution is -2.27. The number of imidazole rings is 1. The van der Waals surface area contributed by atoms with Crippen LogP contribution in [-0.4, -0.2) is 63.8 Å². The topological polar surface area (TPSA) is 76.5 Å². The van der Waals surface area contributed by atoms with E-state index in [4.69, 9.17) is 4.74 Å². The van der Waals surface area contributed by atoms with Crippen molar-refractivity contribution in [3.8, 4) is 0 Å². The van der Waals surface area contributed by atoms with E-state index in [2.05, 4.69) is 15.2 Å². The van der Waals surface area contributed by atoms with Crippen LogP contribution in [0.15, 0.2) is 35.6 Å². The van der Waals surface area contributed by atoms with Crippen LogP contribution in [0.5, 0.6) is 0 Å². The lowest BCUT2D eigenvalue weighted by atomic mass is 10.2. The summed E-state index contributed by atoms with van der Waals surface area (Å²) in [6, 6.07) is 7.53. The molecule has 27 heavy (non-hydrogen) atoms. The number of aromatic nitrogens is 2. The van der Waals surface area contributed by atoms with E-state index in [1.165, 1.54) is 0 Å². The number of nitrogens with one attached hydrogen (secondary N) is 1. The molecule has 1 heterocycles. The molecule has 0 amide bonds. The maximum Gasteiger partial charge on any atom is 0.228 e. The van der Waals surface area contributed by atoms with Gasteiger partial charge in [0.2, 0.25) is 15.0 Å². The Hall–Kier alpha value is -1.74. The van der Waals surface area contributed by atoms with E-state index in [-0.39, 0.29) is 10.9 Å². The van der Waals surface area contributed by atoms with Crippen molar-refractivity contribution < 1.29 is 13.2 Å². The Kier molecular flexibility index (Phi) is 7.97.